The van der Waals surface area contributed by atoms with Crippen LogP contribution in [0.25, 0.3) is 0 Å². The smallest absolute Gasteiger partial charge is 0.269 e. The first kappa shape index (κ1) is 12.6. The molecule has 0 amide bonds. The van der Waals surface area contributed by atoms with Crippen LogP contribution in [0.15, 0.2) is 24.3 Å². The molecule has 0 bridgehead atoms. The molecule has 0 aliphatic carbocycles. The Hall–Kier alpha value is -1.42. The summed E-state index contributed by atoms with van der Waals surface area (Å²) in [6.45, 7) is 4.10. The van der Waals surface area contributed by atoms with Gasteiger partial charge in [-0.2, -0.15) is 0 Å². The van der Waals surface area contributed by atoms with Crippen LogP contribution in [-0.4, -0.2) is 11.5 Å². The molecule has 0 aliphatic rings. The third-order valence-electron chi connectivity index (χ3n) is 2.51. The fourth-order valence-corrected chi connectivity index (χ4v) is 1.60. The Kier molecular flexibility index (Phi) is 5.50. The Morgan fingerprint density at radius 3 is 2.88 bits per heavy atom. The second-order valence-electron chi connectivity index (χ2n) is 3.92. The monoisotopic (exact) mass is 223 g/mol. The quantitative estimate of drug-likeness (QED) is 0.435. The van der Waals surface area contributed by atoms with Crippen LogP contribution in [0, 0.1) is 10.1 Å². The maximum absolute atomic E-state index is 10.6. The number of benzene rings is 1. The maximum atomic E-state index is 10.6. The molecule has 4 heteroatoms. The molecule has 16 heavy (non-hydrogen) atoms. The lowest BCUT2D eigenvalue weighted by Gasteiger charge is -2.01. The highest BCUT2D eigenvalue weighted by molar-refractivity contribution is 5.33. The van der Waals surface area contributed by atoms with Gasteiger partial charge in [0.1, 0.15) is 6.54 Å². The van der Waals surface area contributed by atoms with E-state index in [0.29, 0.717) is 0 Å². The van der Waals surface area contributed by atoms with Crippen LogP contribution in [0.4, 0.5) is 5.69 Å². The summed E-state index contributed by atoms with van der Waals surface area (Å²) in [5.74, 6) is 0. The van der Waals surface area contributed by atoms with Crippen molar-refractivity contribution in [3.8, 4) is 0 Å². The van der Waals surface area contributed by atoms with Gasteiger partial charge in [0, 0.05) is 17.7 Å². The van der Waals surface area contributed by atoms with Gasteiger partial charge in [-0.05, 0) is 12.8 Å². The molecule has 1 aromatic rings. The minimum absolute atomic E-state index is 0.180. The van der Waals surface area contributed by atoms with Crippen LogP contribution in [-0.2, 0) is 6.54 Å². The van der Waals surface area contributed by atoms with Gasteiger partial charge < -0.3 is 5.32 Å². The molecule has 88 valence electrons. The number of nitro groups is 1. The Morgan fingerprint density at radius 1 is 1.38 bits per heavy atom. The minimum Gasteiger partial charge on any atom is -0.342 e. The molecule has 0 radical (unpaired) electrons. The van der Waals surface area contributed by atoms with E-state index in [1.807, 2.05) is 6.07 Å². The summed E-state index contributed by atoms with van der Waals surface area (Å²) in [5, 5.41) is 12.8. The number of hydrogen-bond donors (Lipinski definition) is 1. The standard InChI is InChI=1S/C12H18N2O2/c1-2-3-4-8-13-10-11-6-5-7-12(9-11)14(15)16/h5-7,9,13H,2-4,8,10H2,1H3/p+1. The fourth-order valence-electron chi connectivity index (χ4n) is 1.60. The van der Waals surface area contributed by atoms with Crippen molar-refractivity contribution in [3.63, 3.8) is 0 Å². The van der Waals surface area contributed by atoms with E-state index in [1.165, 1.54) is 25.3 Å². The zero-order valence-corrected chi connectivity index (χ0v) is 9.69. The van der Waals surface area contributed by atoms with E-state index in [4.69, 9.17) is 0 Å². The first-order valence-corrected chi connectivity index (χ1v) is 5.79. The normalized spacial score (nSPS) is 10.3. The second-order valence-corrected chi connectivity index (χ2v) is 3.92. The van der Waals surface area contributed by atoms with E-state index < -0.39 is 0 Å². The van der Waals surface area contributed by atoms with Crippen molar-refractivity contribution >= 4 is 5.69 Å². The summed E-state index contributed by atoms with van der Waals surface area (Å²) in [7, 11) is 0. The lowest BCUT2D eigenvalue weighted by Crippen LogP contribution is -2.82. The van der Waals surface area contributed by atoms with Crippen molar-refractivity contribution in [2.24, 2.45) is 0 Å². The molecule has 0 saturated heterocycles. The Balaban J connectivity index is 2.36. The van der Waals surface area contributed by atoms with Gasteiger partial charge in [-0.25, -0.2) is 0 Å². The molecule has 0 fully saturated rings. The summed E-state index contributed by atoms with van der Waals surface area (Å²) < 4.78 is 0. The van der Waals surface area contributed by atoms with E-state index in [2.05, 4.69) is 12.2 Å². The topological polar surface area (TPSA) is 59.8 Å². The molecular weight excluding hydrogens is 204 g/mol. The van der Waals surface area contributed by atoms with Gasteiger partial charge >= 0.3 is 0 Å². The first-order chi connectivity index (χ1) is 7.74. The van der Waals surface area contributed by atoms with E-state index in [0.717, 1.165) is 18.7 Å². The van der Waals surface area contributed by atoms with Crippen molar-refractivity contribution < 1.29 is 10.2 Å². The number of non-ortho nitro benzene ring substituents is 1. The van der Waals surface area contributed by atoms with Gasteiger partial charge in [-0.1, -0.05) is 25.5 Å². The molecule has 0 spiro atoms. The highest BCUT2D eigenvalue weighted by atomic mass is 16.6. The number of quaternary nitrogens is 1. The molecule has 0 aromatic heterocycles. The lowest BCUT2D eigenvalue weighted by atomic mass is 10.2. The molecule has 0 aliphatic heterocycles. The van der Waals surface area contributed by atoms with Crippen LogP contribution in [0.5, 0.6) is 0 Å². The maximum Gasteiger partial charge on any atom is 0.269 e. The molecule has 1 rings (SSSR count). The van der Waals surface area contributed by atoms with Gasteiger partial charge in [0.25, 0.3) is 5.69 Å². The number of hydrogen-bond acceptors (Lipinski definition) is 2. The summed E-state index contributed by atoms with van der Waals surface area (Å²) in [6, 6.07) is 6.85. The largest absolute Gasteiger partial charge is 0.342 e. The van der Waals surface area contributed by atoms with Crippen LogP contribution in [0.1, 0.15) is 31.7 Å². The molecule has 2 N–H and O–H groups in total. The third kappa shape index (κ3) is 4.40. The van der Waals surface area contributed by atoms with Gasteiger partial charge in [-0.3, -0.25) is 10.1 Å². The van der Waals surface area contributed by atoms with Crippen molar-refractivity contribution in [3.05, 3.63) is 39.9 Å². The Labute approximate surface area is 95.8 Å². The predicted octanol–water partition coefficient (Wildman–Crippen LogP) is 1.85. The van der Waals surface area contributed by atoms with Crippen molar-refractivity contribution in [1.29, 1.82) is 0 Å². The fraction of sp³-hybridized carbons (Fsp3) is 0.500. The average Bonchev–Trinajstić information content (AvgIpc) is 2.29. The highest BCUT2D eigenvalue weighted by Gasteiger charge is 2.05. The highest BCUT2D eigenvalue weighted by Crippen LogP contribution is 2.11. The average molecular weight is 223 g/mol. The zero-order valence-electron chi connectivity index (χ0n) is 9.69. The van der Waals surface area contributed by atoms with Crippen molar-refractivity contribution in [1.82, 2.24) is 0 Å². The summed E-state index contributed by atoms with van der Waals surface area (Å²) in [4.78, 5) is 10.2. The predicted molar refractivity (Wildman–Crippen MR) is 63.1 cm³/mol. The summed E-state index contributed by atoms with van der Waals surface area (Å²) >= 11 is 0. The SMILES string of the molecule is CCCCC[NH2+]Cc1cccc([N+](=O)[O-])c1. The van der Waals surface area contributed by atoms with E-state index in [-0.39, 0.29) is 10.6 Å². The summed E-state index contributed by atoms with van der Waals surface area (Å²) in [6.07, 6.45) is 3.70. The van der Waals surface area contributed by atoms with Crippen LogP contribution >= 0.6 is 0 Å². The van der Waals surface area contributed by atoms with Gasteiger partial charge in [-0.15, -0.1) is 0 Å². The van der Waals surface area contributed by atoms with Crippen molar-refractivity contribution in [2.75, 3.05) is 6.54 Å². The minimum atomic E-state index is -0.347. The first-order valence-electron chi connectivity index (χ1n) is 5.79. The van der Waals surface area contributed by atoms with Crippen LogP contribution < -0.4 is 5.32 Å². The number of nitrogens with zero attached hydrogens (tertiary/aromatic N) is 1. The molecular formula is C12H19N2O2+. The summed E-state index contributed by atoms with van der Waals surface area (Å²) in [5.41, 5.74) is 1.20. The number of unbranched alkanes of at least 4 members (excludes halogenated alkanes) is 2. The molecule has 0 unspecified atom stereocenters. The molecule has 0 heterocycles. The molecule has 0 saturated carbocycles. The third-order valence-corrected chi connectivity index (χ3v) is 2.51. The Morgan fingerprint density at radius 2 is 2.19 bits per heavy atom. The van der Waals surface area contributed by atoms with E-state index >= 15 is 0 Å². The van der Waals surface area contributed by atoms with Gasteiger partial charge in [0.05, 0.1) is 11.5 Å². The van der Waals surface area contributed by atoms with Gasteiger partial charge in [0.2, 0.25) is 0 Å². The molecule has 4 nitrogen and oxygen atoms in total. The van der Waals surface area contributed by atoms with Crippen LogP contribution in [0.2, 0.25) is 0 Å². The van der Waals surface area contributed by atoms with Crippen LogP contribution in [0.3, 0.4) is 0 Å². The van der Waals surface area contributed by atoms with Crippen molar-refractivity contribution in [2.45, 2.75) is 32.7 Å². The number of rotatable bonds is 7. The zero-order chi connectivity index (χ0) is 11.8. The van der Waals surface area contributed by atoms with Gasteiger partial charge in [0.15, 0.2) is 0 Å². The Bertz CT molecular complexity index is 340. The van der Waals surface area contributed by atoms with E-state index in [1.54, 1.807) is 12.1 Å². The second kappa shape index (κ2) is 6.95. The molecule has 0 atom stereocenters. The lowest BCUT2D eigenvalue weighted by molar-refractivity contribution is -0.671. The van der Waals surface area contributed by atoms with E-state index in [9.17, 15) is 10.1 Å². The molecule has 1 aromatic carbocycles. The number of nitro benzene ring substituents is 1. The number of nitrogens with two attached hydrogens (primary N) is 1.